The van der Waals surface area contributed by atoms with Crippen molar-refractivity contribution in [1.29, 1.82) is 0 Å². The molecule has 0 bridgehead atoms. The number of carbonyl (C=O) groups is 1. The van der Waals surface area contributed by atoms with Crippen LogP contribution in [0.5, 0.6) is 0 Å². The summed E-state index contributed by atoms with van der Waals surface area (Å²) < 4.78 is 24.1. The van der Waals surface area contributed by atoms with Gasteiger partial charge in [-0.25, -0.2) is 9.18 Å². The molecule has 182 valence electrons. The fourth-order valence-corrected chi connectivity index (χ4v) is 3.54. The van der Waals surface area contributed by atoms with Crippen LogP contribution in [-0.2, 0) is 9.47 Å². The Morgan fingerprint density at radius 2 is 1.69 bits per heavy atom. The first-order valence-corrected chi connectivity index (χ1v) is 11.0. The van der Waals surface area contributed by atoms with Crippen molar-refractivity contribution in [1.82, 2.24) is 16.0 Å². The monoisotopic (exact) mass is 564 g/mol. The van der Waals surface area contributed by atoms with Gasteiger partial charge in [-0.15, -0.1) is 24.0 Å². The van der Waals surface area contributed by atoms with E-state index in [1.54, 1.807) is 19.2 Å². The van der Waals surface area contributed by atoms with E-state index in [9.17, 15) is 9.18 Å². The zero-order chi connectivity index (χ0) is 22.9. The number of aliphatic imine (C=N–C) groups is 1. The van der Waals surface area contributed by atoms with Crippen LogP contribution in [0.1, 0.15) is 65.0 Å². The lowest BCUT2D eigenvalue weighted by molar-refractivity contribution is 0.0490. The Balaban J connectivity index is 0.00000512. The topological polar surface area (TPSA) is 84.0 Å². The zero-order valence-electron chi connectivity index (χ0n) is 19.7. The maximum atomic E-state index is 13.2. The van der Waals surface area contributed by atoms with Crippen molar-refractivity contribution in [2.75, 3.05) is 20.2 Å². The molecule has 1 amide bonds. The van der Waals surface area contributed by atoms with Gasteiger partial charge >= 0.3 is 6.09 Å². The van der Waals surface area contributed by atoms with Gasteiger partial charge in [-0.2, -0.15) is 0 Å². The Morgan fingerprint density at radius 1 is 1.12 bits per heavy atom. The average Bonchev–Trinajstić information content (AvgIpc) is 2.69. The summed E-state index contributed by atoms with van der Waals surface area (Å²) in [6, 6.07) is 6.71. The number of halogens is 2. The number of methoxy groups -OCH3 is 1. The largest absolute Gasteiger partial charge is 0.444 e. The van der Waals surface area contributed by atoms with E-state index in [1.165, 1.54) is 12.1 Å². The lowest BCUT2D eigenvalue weighted by Gasteiger charge is -2.31. The highest BCUT2D eigenvalue weighted by molar-refractivity contribution is 14.0. The molecule has 1 aliphatic rings. The normalized spacial score (nSPS) is 20.0. The summed E-state index contributed by atoms with van der Waals surface area (Å²) in [5, 5.41) is 9.73. The number of benzene rings is 1. The van der Waals surface area contributed by atoms with Crippen molar-refractivity contribution in [2.45, 2.75) is 77.2 Å². The van der Waals surface area contributed by atoms with Crippen molar-refractivity contribution >= 4 is 36.0 Å². The molecule has 1 atom stereocenters. The second-order valence-corrected chi connectivity index (χ2v) is 8.83. The van der Waals surface area contributed by atoms with E-state index >= 15 is 0 Å². The predicted octanol–water partition coefficient (Wildman–Crippen LogP) is 4.52. The highest BCUT2D eigenvalue weighted by atomic mass is 127. The number of rotatable bonds is 7. The molecule has 9 heteroatoms. The second-order valence-electron chi connectivity index (χ2n) is 8.83. The number of ether oxygens (including phenoxy) is 2. The molecule has 7 nitrogen and oxygen atoms in total. The minimum absolute atomic E-state index is 0. The lowest BCUT2D eigenvalue weighted by atomic mass is 9.91. The Morgan fingerprint density at radius 3 is 2.19 bits per heavy atom. The van der Waals surface area contributed by atoms with Gasteiger partial charge in [0, 0.05) is 25.7 Å². The Kier molecular flexibility index (Phi) is 12.3. The number of nitrogens with zero attached hydrogens (tertiary/aromatic N) is 1. The third kappa shape index (κ3) is 10.3. The Hall–Kier alpha value is -1.62. The molecule has 0 heterocycles. The summed E-state index contributed by atoms with van der Waals surface area (Å²) in [5.74, 6) is 0.462. The van der Waals surface area contributed by atoms with Gasteiger partial charge < -0.3 is 25.4 Å². The van der Waals surface area contributed by atoms with E-state index in [0.29, 0.717) is 6.54 Å². The van der Waals surface area contributed by atoms with Crippen LogP contribution in [0.15, 0.2) is 29.3 Å². The SMILES string of the molecule is CCNC(=NCC(OC)c1ccc(F)cc1)NC1CCC(NC(=O)OC(C)(C)C)CC1.I. The van der Waals surface area contributed by atoms with Crippen molar-refractivity contribution in [2.24, 2.45) is 4.99 Å². The molecule has 0 saturated heterocycles. The standard InChI is InChI=1S/C23H37FN4O3.HI/c1-6-25-21(26-15-20(30-5)16-7-9-17(24)10-8-16)27-18-11-13-19(14-12-18)28-22(29)31-23(2,3)4;/h7-10,18-20H,6,11-15H2,1-5H3,(H,28,29)(H2,25,26,27);1H. The highest BCUT2D eigenvalue weighted by Crippen LogP contribution is 2.20. The molecule has 1 aromatic carbocycles. The molecule has 0 spiro atoms. The van der Waals surface area contributed by atoms with Gasteiger partial charge in [0.15, 0.2) is 5.96 Å². The van der Waals surface area contributed by atoms with Gasteiger partial charge in [-0.3, -0.25) is 4.99 Å². The van der Waals surface area contributed by atoms with Crippen LogP contribution in [0.4, 0.5) is 9.18 Å². The second kappa shape index (κ2) is 13.8. The van der Waals surface area contributed by atoms with E-state index in [0.717, 1.165) is 43.8 Å². The molecular weight excluding hydrogens is 526 g/mol. The van der Waals surface area contributed by atoms with Crippen LogP contribution in [0.3, 0.4) is 0 Å². The molecule has 32 heavy (non-hydrogen) atoms. The molecule has 2 rings (SSSR count). The van der Waals surface area contributed by atoms with E-state index < -0.39 is 5.60 Å². The van der Waals surface area contributed by atoms with Gasteiger partial charge in [-0.05, 0) is 71.1 Å². The third-order valence-electron chi connectivity index (χ3n) is 5.07. The number of nitrogens with one attached hydrogen (secondary N) is 3. The maximum Gasteiger partial charge on any atom is 0.407 e. The quantitative estimate of drug-likeness (QED) is 0.258. The van der Waals surface area contributed by atoms with Crippen LogP contribution >= 0.6 is 24.0 Å². The smallest absolute Gasteiger partial charge is 0.407 e. The summed E-state index contributed by atoms with van der Waals surface area (Å²) in [5.41, 5.74) is 0.394. The van der Waals surface area contributed by atoms with Gasteiger partial charge in [0.25, 0.3) is 0 Å². The maximum absolute atomic E-state index is 13.2. The first-order chi connectivity index (χ1) is 14.7. The molecule has 3 N–H and O–H groups in total. The number of carbonyl (C=O) groups excluding carboxylic acids is 1. The Labute approximate surface area is 208 Å². The molecule has 1 fully saturated rings. The minimum Gasteiger partial charge on any atom is -0.444 e. The number of hydrogen-bond acceptors (Lipinski definition) is 4. The van der Waals surface area contributed by atoms with Gasteiger partial charge in [0.1, 0.15) is 17.5 Å². The molecule has 0 aliphatic heterocycles. The molecule has 1 aliphatic carbocycles. The zero-order valence-corrected chi connectivity index (χ0v) is 22.1. The number of amides is 1. The van der Waals surface area contributed by atoms with E-state index in [4.69, 9.17) is 9.47 Å². The van der Waals surface area contributed by atoms with Gasteiger partial charge in [0.05, 0.1) is 6.54 Å². The summed E-state index contributed by atoms with van der Waals surface area (Å²) in [4.78, 5) is 16.6. The fourth-order valence-electron chi connectivity index (χ4n) is 3.54. The van der Waals surface area contributed by atoms with Crippen LogP contribution in [0, 0.1) is 5.82 Å². The van der Waals surface area contributed by atoms with Crippen molar-refractivity contribution in [3.63, 3.8) is 0 Å². The number of guanidine groups is 1. The predicted molar refractivity (Wildman–Crippen MR) is 136 cm³/mol. The summed E-state index contributed by atoms with van der Waals surface area (Å²) >= 11 is 0. The fraction of sp³-hybridized carbons (Fsp3) is 0.652. The van der Waals surface area contributed by atoms with Gasteiger partial charge in [0.2, 0.25) is 0 Å². The number of hydrogen-bond donors (Lipinski definition) is 3. The first-order valence-electron chi connectivity index (χ1n) is 11.0. The molecular formula is C23H38FIN4O3. The van der Waals surface area contributed by atoms with E-state index in [2.05, 4.69) is 20.9 Å². The van der Waals surface area contributed by atoms with E-state index in [1.807, 2.05) is 27.7 Å². The third-order valence-corrected chi connectivity index (χ3v) is 5.07. The van der Waals surface area contributed by atoms with Crippen LogP contribution < -0.4 is 16.0 Å². The lowest BCUT2D eigenvalue weighted by Crippen LogP contribution is -2.48. The van der Waals surface area contributed by atoms with Crippen LogP contribution in [0.25, 0.3) is 0 Å². The molecule has 1 unspecified atom stereocenters. The Bertz CT molecular complexity index is 717. The molecule has 1 saturated carbocycles. The summed E-state index contributed by atoms with van der Waals surface area (Å²) in [7, 11) is 1.63. The van der Waals surface area contributed by atoms with Crippen molar-refractivity contribution in [3.05, 3.63) is 35.6 Å². The minimum atomic E-state index is -0.492. The summed E-state index contributed by atoms with van der Waals surface area (Å²) in [6.07, 6.45) is 3.02. The van der Waals surface area contributed by atoms with Crippen molar-refractivity contribution < 1.29 is 18.7 Å². The number of alkyl carbamates (subject to hydrolysis) is 1. The average molecular weight is 564 g/mol. The van der Waals surface area contributed by atoms with Gasteiger partial charge in [-0.1, -0.05) is 12.1 Å². The van der Waals surface area contributed by atoms with Crippen molar-refractivity contribution in [3.8, 4) is 0 Å². The first kappa shape index (κ1) is 28.4. The molecule has 0 radical (unpaired) electrons. The highest BCUT2D eigenvalue weighted by Gasteiger charge is 2.25. The van der Waals surface area contributed by atoms with Crippen LogP contribution in [0.2, 0.25) is 0 Å². The van der Waals surface area contributed by atoms with E-state index in [-0.39, 0.29) is 54.1 Å². The summed E-state index contributed by atoms with van der Waals surface area (Å²) in [6.45, 7) is 8.77. The van der Waals surface area contributed by atoms with Crippen LogP contribution in [-0.4, -0.2) is 49.9 Å². The molecule has 1 aromatic rings. The molecule has 0 aromatic heterocycles.